The molecule has 1 atom stereocenters. The van der Waals surface area contributed by atoms with E-state index in [4.69, 9.17) is 0 Å². The molecule has 72 valence electrons. The number of nitrogens with zero attached hydrogens (tertiary/aromatic N) is 1. The lowest BCUT2D eigenvalue weighted by molar-refractivity contribution is -0.419. The van der Waals surface area contributed by atoms with Gasteiger partial charge in [-0.15, -0.1) is 0 Å². The molecule has 1 aliphatic rings. The highest BCUT2D eigenvalue weighted by Crippen LogP contribution is 2.35. The van der Waals surface area contributed by atoms with E-state index in [9.17, 15) is 18.9 Å². The summed E-state index contributed by atoms with van der Waals surface area (Å²) in [7, 11) is 0. The second-order valence-electron chi connectivity index (χ2n) is 3.23. The topological polar surface area (TPSA) is 43.1 Å². The van der Waals surface area contributed by atoms with Crippen molar-refractivity contribution < 1.29 is 13.7 Å². The van der Waals surface area contributed by atoms with Crippen LogP contribution in [0.5, 0.6) is 0 Å². The molecule has 0 amide bonds. The molecular weight excluding hydrogens is 180 g/mol. The molecule has 0 radical (unpaired) electrons. The standard InChI is InChI=1S/C8H9F2NO2/c1-8(7(9)10)4-2-6(3-5-8)11(12)13/h2-4,7H,5H2,1H3. The van der Waals surface area contributed by atoms with E-state index in [0.29, 0.717) is 0 Å². The van der Waals surface area contributed by atoms with E-state index in [1.165, 1.54) is 19.1 Å². The number of hydrogen-bond donors (Lipinski definition) is 0. The van der Waals surface area contributed by atoms with Gasteiger partial charge < -0.3 is 0 Å². The maximum absolute atomic E-state index is 12.4. The molecular formula is C8H9F2NO2. The van der Waals surface area contributed by atoms with Gasteiger partial charge in [-0.05, 0) is 12.5 Å². The molecule has 0 heterocycles. The van der Waals surface area contributed by atoms with Crippen molar-refractivity contribution in [3.05, 3.63) is 34.0 Å². The third-order valence-corrected chi connectivity index (χ3v) is 2.10. The minimum absolute atomic E-state index is 0.0114. The molecule has 5 heteroatoms. The molecule has 1 rings (SSSR count). The Balaban J connectivity index is 2.79. The van der Waals surface area contributed by atoms with Crippen molar-refractivity contribution >= 4 is 0 Å². The second kappa shape index (κ2) is 3.24. The molecule has 0 aromatic heterocycles. The molecule has 0 aliphatic heterocycles. The lowest BCUT2D eigenvalue weighted by atomic mass is 9.83. The van der Waals surface area contributed by atoms with Crippen LogP contribution >= 0.6 is 0 Å². The van der Waals surface area contributed by atoms with Crippen LogP contribution in [0.2, 0.25) is 0 Å². The molecule has 0 aromatic rings. The summed E-state index contributed by atoms with van der Waals surface area (Å²) in [6, 6.07) is 0. The molecule has 0 saturated carbocycles. The first-order valence-corrected chi connectivity index (χ1v) is 3.78. The third kappa shape index (κ3) is 1.91. The lowest BCUT2D eigenvalue weighted by Crippen LogP contribution is -2.24. The molecule has 1 unspecified atom stereocenters. The van der Waals surface area contributed by atoms with Crippen LogP contribution in [0.25, 0.3) is 0 Å². The molecule has 0 fully saturated rings. The Labute approximate surface area is 73.9 Å². The van der Waals surface area contributed by atoms with Crippen molar-refractivity contribution in [1.29, 1.82) is 0 Å². The highest BCUT2D eigenvalue weighted by molar-refractivity contribution is 5.21. The van der Waals surface area contributed by atoms with E-state index < -0.39 is 16.8 Å². The van der Waals surface area contributed by atoms with Gasteiger partial charge in [0, 0.05) is 6.08 Å². The number of alkyl halides is 2. The van der Waals surface area contributed by atoms with Gasteiger partial charge in [0.05, 0.1) is 10.3 Å². The van der Waals surface area contributed by atoms with Crippen molar-refractivity contribution in [3.63, 3.8) is 0 Å². The Morgan fingerprint density at radius 2 is 2.31 bits per heavy atom. The van der Waals surface area contributed by atoms with Gasteiger partial charge >= 0.3 is 0 Å². The summed E-state index contributed by atoms with van der Waals surface area (Å²) in [6.45, 7) is 1.38. The van der Waals surface area contributed by atoms with E-state index in [0.717, 1.165) is 6.08 Å². The molecule has 13 heavy (non-hydrogen) atoms. The van der Waals surface area contributed by atoms with Gasteiger partial charge in [-0.2, -0.15) is 0 Å². The molecule has 3 nitrogen and oxygen atoms in total. The predicted molar refractivity (Wildman–Crippen MR) is 42.9 cm³/mol. The number of allylic oxidation sites excluding steroid dienone is 3. The molecule has 0 N–H and O–H groups in total. The Morgan fingerprint density at radius 1 is 1.69 bits per heavy atom. The van der Waals surface area contributed by atoms with Gasteiger partial charge in [0.25, 0.3) is 5.70 Å². The van der Waals surface area contributed by atoms with Gasteiger partial charge in [-0.25, -0.2) is 8.78 Å². The molecule has 0 saturated heterocycles. The molecule has 0 spiro atoms. The number of rotatable bonds is 2. The lowest BCUT2D eigenvalue weighted by Gasteiger charge is -2.24. The summed E-state index contributed by atoms with van der Waals surface area (Å²) in [5, 5.41) is 10.2. The molecule has 0 bridgehead atoms. The van der Waals surface area contributed by atoms with E-state index in [-0.39, 0.29) is 12.1 Å². The van der Waals surface area contributed by atoms with Gasteiger partial charge in [-0.3, -0.25) is 10.1 Å². The number of nitro groups is 1. The largest absolute Gasteiger partial charge is 0.265 e. The van der Waals surface area contributed by atoms with Gasteiger partial charge in [0.1, 0.15) is 0 Å². The van der Waals surface area contributed by atoms with Crippen molar-refractivity contribution in [2.24, 2.45) is 5.41 Å². The summed E-state index contributed by atoms with van der Waals surface area (Å²) in [4.78, 5) is 9.65. The zero-order chi connectivity index (χ0) is 10.1. The fourth-order valence-electron chi connectivity index (χ4n) is 1.03. The normalized spacial score (nSPS) is 27.5. The highest BCUT2D eigenvalue weighted by Gasteiger charge is 2.34. The first-order chi connectivity index (χ1) is 5.96. The Kier molecular flexibility index (Phi) is 2.45. The van der Waals surface area contributed by atoms with Gasteiger partial charge in [0.15, 0.2) is 0 Å². The molecule has 1 aliphatic carbocycles. The van der Waals surface area contributed by atoms with Gasteiger partial charge in [0.2, 0.25) is 6.43 Å². The van der Waals surface area contributed by atoms with Crippen molar-refractivity contribution in [2.45, 2.75) is 19.8 Å². The van der Waals surface area contributed by atoms with Crippen molar-refractivity contribution in [1.82, 2.24) is 0 Å². The second-order valence-corrected chi connectivity index (χ2v) is 3.23. The Morgan fingerprint density at radius 3 is 2.62 bits per heavy atom. The fourth-order valence-corrected chi connectivity index (χ4v) is 1.03. The van der Waals surface area contributed by atoms with Crippen LogP contribution in [0.1, 0.15) is 13.3 Å². The van der Waals surface area contributed by atoms with Crippen LogP contribution in [-0.2, 0) is 0 Å². The monoisotopic (exact) mass is 189 g/mol. The van der Waals surface area contributed by atoms with Crippen LogP contribution in [0.15, 0.2) is 23.9 Å². The molecule has 0 aromatic carbocycles. The van der Waals surface area contributed by atoms with Crippen LogP contribution in [0.4, 0.5) is 8.78 Å². The van der Waals surface area contributed by atoms with E-state index in [1.54, 1.807) is 0 Å². The Bertz CT molecular complexity index is 286. The Hall–Kier alpha value is -1.26. The van der Waals surface area contributed by atoms with Crippen LogP contribution in [-0.4, -0.2) is 11.3 Å². The maximum atomic E-state index is 12.4. The third-order valence-electron chi connectivity index (χ3n) is 2.10. The van der Waals surface area contributed by atoms with E-state index in [1.807, 2.05) is 0 Å². The SMILES string of the molecule is CC1(C(F)F)C=CC([N+](=O)[O-])=CC1. The average Bonchev–Trinajstić information content (AvgIpc) is 2.04. The predicted octanol–water partition coefficient (Wildman–Crippen LogP) is 2.38. The van der Waals surface area contributed by atoms with E-state index in [2.05, 4.69) is 0 Å². The summed E-state index contributed by atoms with van der Waals surface area (Å²) in [5.41, 5.74) is -1.36. The minimum atomic E-state index is -2.49. The number of hydrogen-bond acceptors (Lipinski definition) is 2. The van der Waals surface area contributed by atoms with Gasteiger partial charge in [-0.1, -0.05) is 13.0 Å². The summed E-state index contributed by atoms with van der Waals surface area (Å²) in [6.07, 6.45) is 1.09. The van der Waals surface area contributed by atoms with Crippen molar-refractivity contribution in [2.75, 3.05) is 0 Å². The zero-order valence-electron chi connectivity index (χ0n) is 7.04. The summed E-state index contributed by atoms with van der Waals surface area (Å²) >= 11 is 0. The summed E-state index contributed by atoms with van der Waals surface area (Å²) < 4.78 is 24.8. The zero-order valence-corrected chi connectivity index (χ0v) is 7.04. The van der Waals surface area contributed by atoms with Crippen LogP contribution in [0.3, 0.4) is 0 Å². The average molecular weight is 189 g/mol. The first-order valence-electron chi connectivity index (χ1n) is 3.78. The van der Waals surface area contributed by atoms with E-state index >= 15 is 0 Å². The highest BCUT2D eigenvalue weighted by atomic mass is 19.3. The van der Waals surface area contributed by atoms with Crippen molar-refractivity contribution in [3.8, 4) is 0 Å². The number of halogens is 2. The summed E-state index contributed by atoms with van der Waals surface area (Å²) in [5.74, 6) is 0. The smallest absolute Gasteiger partial charge is 0.258 e. The maximum Gasteiger partial charge on any atom is 0.265 e. The first kappa shape index (κ1) is 9.83. The van der Waals surface area contributed by atoms with Crippen LogP contribution in [0, 0.1) is 15.5 Å². The fraction of sp³-hybridized carbons (Fsp3) is 0.500. The quantitative estimate of drug-likeness (QED) is 0.494. The van der Waals surface area contributed by atoms with Crippen LogP contribution < -0.4 is 0 Å². The minimum Gasteiger partial charge on any atom is -0.258 e.